The van der Waals surface area contributed by atoms with E-state index in [0.717, 1.165) is 61.7 Å². The molecule has 0 spiro atoms. The van der Waals surface area contributed by atoms with Crippen molar-refractivity contribution in [3.05, 3.63) is 22.5 Å². The maximum absolute atomic E-state index is 14.1. The number of ether oxygens (including phenoxy) is 1. The number of piperazine rings is 1. The third-order valence-corrected chi connectivity index (χ3v) is 19.0. The summed E-state index contributed by atoms with van der Waals surface area (Å²) in [6.45, 7) is 8.09. The molecule has 6 aliphatic heterocycles. The second kappa shape index (κ2) is 19.6. The van der Waals surface area contributed by atoms with Crippen LogP contribution in [0.5, 0.6) is 0 Å². The average molecular weight is 869 g/mol. The molecule has 9 nitrogen and oxygen atoms in total. The maximum Gasteiger partial charge on any atom is 0.410 e. The highest BCUT2D eigenvalue weighted by molar-refractivity contribution is 5.79. The Labute approximate surface area is 382 Å². The molecule has 8 bridgehead atoms. The number of nitrogens with zero attached hydrogens (tertiary/aromatic N) is 2. The molecule has 0 radical (unpaired) electrons. The normalized spacial score (nSPS) is 40.3. The summed E-state index contributed by atoms with van der Waals surface area (Å²) in [7, 11) is 0. The number of fused-ring (bicyclic) bond motifs is 8. The van der Waals surface area contributed by atoms with Gasteiger partial charge in [0.15, 0.2) is 0 Å². The van der Waals surface area contributed by atoms with E-state index in [1.165, 1.54) is 141 Å². The summed E-state index contributed by atoms with van der Waals surface area (Å²) in [6, 6.07) is 3.50. The van der Waals surface area contributed by atoms with Crippen molar-refractivity contribution in [2.75, 3.05) is 26.2 Å². The van der Waals surface area contributed by atoms with Crippen molar-refractivity contribution >= 4 is 12.0 Å². The number of rotatable bonds is 5. The van der Waals surface area contributed by atoms with E-state index in [2.05, 4.69) is 26.2 Å². The molecule has 4 N–H and O–H groups in total. The Kier molecular flexibility index (Phi) is 13.9. The zero-order chi connectivity index (χ0) is 43.1. The Balaban J connectivity index is 0.929. The van der Waals surface area contributed by atoms with Gasteiger partial charge in [-0.15, -0.1) is 0 Å². The third kappa shape index (κ3) is 9.83. The van der Waals surface area contributed by atoms with Crippen LogP contribution in [0.3, 0.4) is 0 Å². The van der Waals surface area contributed by atoms with Crippen LogP contribution in [0.15, 0.2) is 22.5 Å². The molecule has 0 aromatic carbocycles. The Bertz CT molecular complexity index is 1650. The molecule has 0 aromatic rings. The first kappa shape index (κ1) is 44.7. The molecule has 8 atom stereocenters. The maximum atomic E-state index is 14.1. The number of amides is 2. The number of nitrogens with one attached hydrogen (secondary N) is 4. The zero-order valence-corrected chi connectivity index (χ0v) is 40.0. The molecule has 10 rings (SSSR count). The van der Waals surface area contributed by atoms with E-state index < -0.39 is 5.60 Å². The largest absolute Gasteiger partial charge is 0.444 e. The summed E-state index contributed by atoms with van der Waals surface area (Å²) in [5.41, 5.74) is 6.18. The fourth-order valence-corrected chi connectivity index (χ4v) is 16.2. The zero-order valence-electron chi connectivity index (χ0n) is 40.0. The molecule has 0 aromatic heterocycles. The Morgan fingerprint density at radius 1 is 0.492 bits per heavy atom. The molecular formula is C54H88N6O3. The number of hydrogen-bond donors (Lipinski definition) is 4. The first-order valence-corrected chi connectivity index (χ1v) is 27.4. The van der Waals surface area contributed by atoms with Crippen LogP contribution in [0, 0.1) is 41.4 Å². The van der Waals surface area contributed by atoms with Crippen LogP contribution in [0.25, 0.3) is 0 Å². The Morgan fingerprint density at radius 3 is 1.41 bits per heavy atom. The van der Waals surface area contributed by atoms with Gasteiger partial charge in [-0.05, 0) is 157 Å². The fraction of sp³-hybridized carbons (Fsp3) is 0.889. The topological polar surface area (TPSA) is 98.0 Å². The molecule has 7 unspecified atom stereocenters. The lowest BCUT2D eigenvalue weighted by atomic mass is 9.72. The second-order valence-corrected chi connectivity index (χ2v) is 23.9. The molecule has 5 saturated heterocycles. The van der Waals surface area contributed by atoms with E-state index in [4.69, 9.17) is 4.74 Å². The van der Waals surface area contributed by atoms with Crippen molar-refractivity contribution < 1.29 is 14.3 Å². The van der Waals surface area contributed by atoms with Gasteiger partial charge in [0.1, 0.15) is 5.60 Å². The SMILES string of the molecule is CC(C)(C)OC(=O)N1CCN(C(=O)C2CCC(/C3=C4\CC/C(=C(\C5CCCCC5)[C@H]5CCC(N5)C(C5CCCCC5)C5CCC(N5)C(C5CCCCC5)C5CCC3N5)N4)CC2)CC1. The number of allylic oxidation sites excluding steroid dienone is 2. The van der Waals surface area contributed by atoms with Crippen LogP contribution in [0.2, 0.25) is 0 Å². The lowest BCUT2D eigenvalue weighted by molar-refractivity contribution is -0.138. The number of carbonyl (C=O) groups is 2. The smallest absolute Gasteiger partial charge is 0.410 e. The molecule has 352 valence electrons. The standard InChI is InChI=1S/C54H88N6O3/c1-54(2,3)63-53(62)60-33-31-59(32-34-60)52(61)39-21-19-38(20-22-39)51-46-29-27-44(57-46)49(36-15-9-5-10-16-36)42-25-23-40(55-42)48(35-13-7-4-8-14-35)41-24-26-43(56-41)50(37-17-11-6-12-18-37)45-28-30-47(51)58-45/h35-44,46,48-49,55-58H,4-34H2,1-3H3/b50-45-,51-47-/t38?,39?,40?,41?,42?,43-,44?,46?,48?,49?/m1/s1. The lowest BCUT2D eigenvalue weighted by Crippen LogP contribution is -2.53. The fourth-order valence-electron chi connectivity index (χ4n) is 16.2. The van der Waals surface area contributed by atoms with Gasteiger partial charge < -0.3 is 35.8 Å². The van der Waals surface area contributed by atoms with E-state index >= 15 is 0 Å². The van der Waals surface area contributed by atoms with Gasteiger partial charge in [0.2, 0.25) is 5.91 Å². The highest BCUT2D eigenvalue weighted by Gasteiger charge is 2.49. The van der Waals surface area contributed by atoms with Crippen LogP contribution < -0.4 is 21.3 Å². The predicted molar refractivity (Wildman–Crippen MR) is 253 cm³/mol. The highest BCUT2D eigenvalue weighted by atomic mass is 16.6. The van der Waals surface area contributed by atoms with E-state index in [1.54, 1.807) is 27.4 Å². The monoisotopic (exact) mass is 869 g/mol. The van der Waals surface area contributed by atoms with Crippen molar-refractivity contribution in [1.82, 2.24) is 31.1 Å². The highest BCUT2D eigenvalue weighted by Crippen LogP contribution is 2.48. The van der Waals surface area contributed by atoms with E-state index in [9.17, 15) is 9.59 Å². The minimum absolute atomic E-state index is 0.0937. The molecule has 10 aliphatic rings. The van der Waals surface area contributed by atoms with Gasteiger partial charge in [0.25, 0.3) is 0 Å². The van der Waals surface area contributed by atoms with Gasteiger partial charge in [-0.1, -0.05) is 83.5 Å². The summed E-state index contributed by atoms with van der Waals surface area (Å²) in [5.74, 6) is 4.87. The van der Waals surface area contributed by atoms with Gasteiger partial charge in [-0.3, -0.25) is 4.79 Å². The van der Waals surface area contributed by atoms with Gasteiger partial charge >= 0.3 is 6.09 Å². The van der Waals surface area contributed by atoms with Crippen LogP contribution in [0.4, 0.5) is 4.79 Å². The summed E-state index contributed by atoms with van der Waals surface area (Å²) in [6.07, 6.45) is 35.5. The molecular weight excluding hydrogens is 781 g/mol. The minimum Gasteiger partial charge on any atom is -0.444 e. The quantitative estimate of drug-likeness (QED) is 0.219. The van der Waals surface area contributed by atoms with Crippen LogP contribution in [-0.2, 0) is 9.53 Å². The van der Waals surface area contributed by atoms with E-state index in [-0.39, 0.29) is 12.0 Å². The molecule has 4 aliphatic carbocycles. The van der Waals surface area contributed by atoms with Crippen molar-refractivity contribution in [2.24, 2.45) is 41.4 Å². The summed E-state index contributed by atoms with van der Waals surface area (Å²) < 4.78 is 5.65. The van der Waals surface area contributed by atoms with Crippen molar-refractivity contribution in [3.8, 4) is 0 Å². The van der Waals surface area contributed by atoms with Gasteiger partial charge in [0.05, 0.1) is 0 Å². The minimum atomic E-state index is -0.509. The van der Waals surface area contributed by atoms with E-state index in [1.807, 2.05) is 20.8 Å². The van der Waals surface area contributed by atoms with Gasteiger partial charge in [-0.25, -0.2) is 4.79 Å². The van der Waals surface area contributed by atoms with Crippen LogP contribution in [-0.4, -0.2) is 89.8 Å². The lowest BCUT2D eigenvalue weighted by Gasteiger charge is -2.42. The number of hydrogen-bond acceptors (Lipinski definition) is 7. The molecule has 9 fully saturated rings. The average Bonchev–Trinajstić information content (AvgIpc) is 4.16. The first-order chi connectivity index (χ1) is 30.7. The second-order valence-electron chi connectivity index (χ2n) is 23.9. The van der Waals surface area contributed by atoms with E-state index in [0.29, 0.717) is 74.3 Å². The van der Waals surface area contributed by atoms with Crippen molar-refractivity contribution in [1.29, 1.82) is 0 Å². The Hall–Kier alpha value is -2.10. The molecule has 6 heterocycles. The third-order valence-electron chi connectivity index (χ3n) is 19.0. The molecule has 2 amide bonds. The van der Waals surface area contributed by atoms with Gasteiger partial charge in [-0.2, -0.15) is 0 Å². The van der Waals surface area contributed by atoms with Gasteiger partial charge in [0, 0.05) is 79.7 Å². The number of carbonyl (C=O) groups excluding carboxylic acids is 2. The molecule has 9 heteroatoms. The Morgan fingerprint density at radius 2 is 0.921 bits per heavy atom. The summed E-state index contributed by atoms with van der Waals surface area (Å²) in [4.78, 5) is 30.7. The molecule has 63 heavy (non-hydrogen) atoms. The van der Waals surface area contributed by atoms with Crippen molar-refractivity contribution in [2.45, 2.75) is 236 Å². The van der Waals surface area contributed by atoms with Crippen LogP contribution >= 0.6 is 0 Å². The first-order valence-electron chi connectivity index (χ1n) is 27.4. The van der Waals surface area contributed by atoms with Crippen LogP contribution in [0.1, 0.15) is 194 Å². The summed E-state index contributed by atoms with van der Waals surface area (Å²) >= 11 is 0. The predicted octanol–water partition coefficient (Wildman–Crippen LogP) is 10.1. The summed E-state index contributed by atoms with van der Waals surface area (Å²) in [5, 5.41) is 18.1. The van der Waals surface area contributed by atoms with Crippen molar-refractivity contribution in [3.63, 3.8) is 0 Å². The molecule has 4 saturated carbocycles.